The molecule has 104 valence electrons. The van der Waals surface area contributed by atoms with Crippen molar-refractivity contribution in [1.29, 1.82) is 0 Å². The smallest absolute Gasteiger partial charge is 0.508 e. The van der Waals surface area contributed by atoms with Gasteiger partial charge in [-0.1, -0.05) is 9.75 Å². The molecule has 0 atom stereocenters. The minimum atomic E-state index is 0. The Hall–Kier alpha value is -0.703. The van der Waals surface area contributed by atoms with Gasteiger partial charge in [0.05, 0.1) is 20.0 Å². The second kappa shape index (κ2) is 7.04. The summed E-state index contributed by atoms with van der Waals surface area (Å²) in [6.45, 7) is 2.09. The predicted molar refractivity (Wildman–Crippen MR) is 87.6 cm³/mol. The van der Waals surface area contributed by atoms with Crippen molar-refractivity contribution in [2.75, 3.05) is 14.2 Å². The molecule has 0 saturated carbocycles. The third-order valence-electron chi connectivity index (χ3n) is 2.87. The zero-order valence-electron chi connectivity index (χ0n) is 12.4. The summed E-state index contributed by atoms with van der Waals surface area (Å²) >= 11 is 5.15. The van der Waals surface area contributed by atoms with Gasteiger partial charge in [0.1, 0.15) is 5.75 Å². The van der Waals surface area contributed by atoms with Crippen LogP contribution < -0.4 is 28.3 Å². The van der Waals surface area contributed by atoms with Crippen molar-refractivity contribution >= 4 is 34.0 Å². The molecule has 0 aromatic carbocycles. The molecule has 2 nitrogen and oxygen atoms in total. The van der Waals surface area contributed by atoms with E-state index in [2.05, 4.69) is 19.1 Å². The summed E-state index contributed by atoms with van der Waals surface area (Å²) in [6, 6.07) is 9.44. The first-order valence-electron chi connectivity index (χ1n) is 6.01. The van der Waals surface area contributed by atoms with Crippen LogP contribution in [0, 0.1) is 13.0 Å². The molecular weight excluding hydrogens is 315 g/mol. The molecule has 0 bridgehead atoms. The molecule has 21 heavy (non-hydrogen) atoms. The third kappa shape index (κ3) is 3.23. The molecule has 0 aliphatic carbocycles. The van der Waals surface area contributed by atoms with Crippen molar-refractivity contribution in [1.82, 2.24) is 0 Å². The first kappa shape index (κ1) is 16.7. The van der Waals surface area contributed by atoms with Crippen LogP contribution in [-0.4, -0.2) is 14.2 Å². The number of rotatable bonds is 4. The molecule has 6 heteroatoms. The second-order valence-electron chi connectivity index (χ2n) is 4.16. The Balaban J connectivity index is 0.00000161. The Morgan fingerprint density at radius 3 is 2.52 bits per heavy atom. The van der Waals surface area contributed by atoms with Crippen LogP contribution in [0.25, 0.3) is 19.5 Å². The van der Waals surface area contributed by atoms with Gasteiger partial charge in [-0.3, -0.25) is 0 Å². The first-order chi connectivity index (χ1) is 9.72. The molecule has 0 radical (unpaired) electrons. The number of ether oxygens (including phenoxy) is 2. The van der Waals surface area contributed by atoms with Crippen LogP contribution in [0.2, 0.25) is 0 Å². The Labute approximate surface area is 148 Å². The van der Waals surface area contributed by atoms with Crippen LogP contribution in [0.5, 0.6) is 11.5 Å². The molecule has 3 rings (SSSR count). The Morgan fingerprint density at radius 2 is 1.81 bits per heavy atom. The van der Waals surface area contributed by atoms with Gasteiger partial charge < -0.3 is 9.47 Å². The van der Waals surface area contributed by atoms with Crippen LogP contribution in [-0.2, 0) is 0 Å². The average molecular weight is 328 g/mol. The fourth-order valence-corrected chi connectivity index (χ4v) is 4.98. The maximum atomic E-state index is 5.44. The molecule has 3 aromatic rings. The summed E-state index contributed by atoms with van der Waals surface area (Å²) < 4.78 is 10.8. The summed E-state index contributed by atoms with van der Waals surface area (Å²) in [5.74, 6) is 1.85. The van der Waals surface area contributed by atoms with Crippen LogP contribution in [0.1, 0.15) is 4.88 Å². The second-order valence-corrected chi connectivity index (χ2v) is 7.38. The van der Waals surface area contributed by atoms with E-state index < -0.39 is 0 Å². The Bertz CT molecular complexity index is 727. The van der Waals surface area contributed by atoms with Crippen LogP contribution >= 0.6 is 34.0 Å². The molecule has 3 aromatic heterocycles. The van der Waals surface area contributed by atoms with Gasteiger partial charge in [-0.25, -0.2) is 22.7 Å². The number of methoxy groups -OCH3 is 2. The van der Waals surface area contributed by atoms with Crippen molar-refractivity contribution in [2.45, 2.75) is 6.92 Å². The third-order valence-corrected chi connectivity index (χ3v) is 6.17. The van der Waals surface area contributed by atoms with Gasteiger partial charge in [0.25, 0.3) is 0 Å². The molecule has 0 saturated heterocycles. The summed E-state index contributed by atoms with van der Waals surface area (Å²) in [5, 5.41) is 2.05. The van der Waals surface area contributed by atoms with E-state index in [1.807, 2.05) is 17.5 Å². The standard InChI is InChI=1S/C15H13O2S3.Li/c1-9-8-11(17-3)15(19-9)13-5-4-12(20-13)14-10(16-2)6-7-18-14;/h4,6-8H,1-3H3;/q-1;+1. The van der Waals surface area contributed by atoms with Gasteiger partial charge in [-0.2, -0.15) is 23.5 Å². The monoisotopic (exact) mass is 328 g/mol. The van der Waals surface area contributed by atoms with Gasteiger partial charge >= 0.3 is 18.9 Å². The summed E-state index contributed by atoms with van der Waals surface area (Å²) in [7, 11) is 3.41. The molecule has 0 N–H and O–H groups in total. The fraction of sp³-hybridized carbons (Fsp3) is 0.200. The zero-order chi connectivity index (χ0) is 14.1. The Morgan fingerprint density at radius 1 is 1.05 bits per heavy atom. The molecule has 0 amide bonds. The van der Waals surface area contributed by atoms with Crippen LogP contribution in [0.3, 0.4) is 0 Å². The molecule has 3 heterocycles. The molecule has 0 spiro atoms. The number of hydrogen-bond donors (Lipinski definition) is 0. The average Bonchev–Trinajstić information content (AvgIpc) is 3.15. The molecule has 0 aliphatic heterocycles. The van der Waals surface area contributed by atoms with Gasteiger partial charge in [0, 0.05) is 4.88 Å². The van der Waals surface area contributed by atoms with Gasteiger partial charge in [0.15, 0.2) is 0 Å². The number of thiophene rings is 3. The maximum absolute atomic E-state index is 5.44. The molecule has 0 aliphatic rings. The summed E-state index contributed by atoms with van der Waals surface area (Å²) in [5.41, 5.74) is 0. The van der Waals surface area contributed by atoms with E-state index in [4.69, 9.17) is 9.47 Å². The SMILES string of the molecule is COc1cc(C)sc1-c1[c-]cc(-c2sccc2OC)s1.[Li+]. The van der Waals surface area contributed by atoms with E-state index in [1.165, 1.54) is 9.75 Å². The van der Waals surface area contributed by atoms with E-state index >= 15 is 0 Å². The van der Waals surface area contributed by atoms with Crippen molar-refractivity contribution < 1.29 is 28.3 Å². The van der Waals surface area contributed by atoms with E-state index in [1.54, 1.807) is 48.2 Å². The molecule has 0 fully saturated rings. The van der Waals surface area contributed by atoms with E-state index in [0.717, 1.165) is 26.1 Å². The van der Waals surface area contributed by atoms with Gasteiger partial charge in [-0.15, -0.1) is 0 Å². The van der Waals surface area contributed by atoms with E-state index in [0.29, 0.717) is 0 Å². The Kier molecular flexibility index (Phi) is 5.59. The van der Waals surface area contributed by atoms with Crippen molar-refractivity contribution in [3.05, 3.63) is 34.5 Å². The number of aryl methyl sites for hydroxylation is 1. The van der Waals surface area contributed by atoms with Crippen LogP contribution in [0.15, 0.2) is 23.6 Å². The number of hydrogen-bond acceptors (Lipinski definition) is 5. The van der Waals surface area contributed by atoms with Crippen LogP contribution in [0.4, 0.5) is 0 Å². The van der Waals surface area contributed by atoms with E-state index in [-0.39, 0.29) is 18.9 Å². The quantitative estimate of drug-likeness (QED) is 0.541. The van der Waals surface area contributed by atoms with Crippen molar-refractivity contribution in [2.24, 2.45) is 0 Å². The minimum Gasteiger partial charge on any atom is -0.508 e. The zero-order valence-corrected chi connectivity index (χ0v) is 14.8. The first-order valence-corrected chi connectivity index (χ1v) is 8.52. The van der Waals surface area contributed by atoms with Crippen molar-refractivity contribution in [3.63, 3.8) is 0 Å². The normalized spacial score (nSPS) is 10.2. The fourth-order valence-electron chi connectivity index (χ4n) is 1.96. The largest absolute Gasteiger partial charge is 1.00 e. The topological polar surface area (TPSA) is 18.5 Å². The van der Waals surface area contributed by atoms with E-state index in [9.17, 15) is 0 Å². The maximum Gasteiger partial charge on any atom is 1.00 e. The van der Waals surface area contributed by atoms with Crippen molar-refractivity contribution in [3.8, 4) is 31.0 Å². The molecular formula is C15H13LiO2S3. The molecule has 0 unspecified atom stereocenters. The summed E-state index contributed by atoms with van der Waals surface area (Å²) in [6.07, 6.45) is 0. The summed E-state index contributed by atoms with van der Waals surface area (Å²) in [4.78, 5) is 5.85. The van der Waals surface area contributed by atoms with Gasteiger partial charge in [-0.05, 0) is 34.2 Å². The van der Waals surface area contributed by atoms with Gasteiger partial charge in [0.2, 0.25) is 0 Å². The minimum absolute atomic E-state index is 0. The predicted octanol–water partition coefficient (Wildman–Crippen LogP) is 2.33.